The largest absolute Gasteiger partial charge is 0.481 e. The minimum absolute atomic E-state index is 0.0871. The van der Waals surface area contributed by atoms with Crippen LogP contribution in [0, 0.1) is 5.92 Å². The van der Waals surface area contributed by atoms with Gasteiger partial charge in [0.2, 0.25) is 5.91 Å². The van der Waals surface area contributed by atoms with Crippen LogP contribution in [0.25, 0.3) is 0 Å². The number of unbranched alkanes of at least 4 members (excludes halogenated alkanes) is 4. The highest BCUT2D eigenvalue weighted by Crippen LogP contribution is 2.47. The zero-order valence-corrected chi connectivity index (χ0v) is 14.0. The molecule has 1 aromatic carbocycles. The predicted octanol–water partition coefficient (Wildman–Crippen LogP) is 3.98. The van der Waals surface area contributed by atoms with Gasteiger partial charge in [-0.1, -0.05) is 43.0 Å². The fourth-order valence-electron chi connectivity index (χ4n) is 2.86. The van der Waals surface area contributed by atoms with E-state index in [0.29, 0.717) is 12.5 Å². The molecular formula is C18H24ClNO3. The quantitative estimate of drug-likeness (QED) is 0.634. The Morgan fingerprint density at radius 3 is 2.65 bits per heavy atom. The third-order valence-corrected chi connectivity index (χ3v) is 4.51. The minimum Gasteiger partial charge on any atom is -0.481 e. The summed E-state index contributed by atoms with van der Waals surface area (Å²) < 4.78 is 0. The van der Waals surface area contributed by atoms with E-state index in [-0.39, 0.29) is 18.2 Å². The van der Waals surface area contributed by atoms with Crippen molar-refractivity contribution in [2.24, 2.45) is 5.92 Å². The van der Waals surface area contributed by atoms with E-state index in [4.69, 9.17) is 16.7 Å². The van der Waals surface area contributed by atoms with Gasteiger partial charge >= 0.3 is 5.97 Å². The molecule has 0 bridgehead atoms. The Hall–Kier alpha value is -1.55. The van der Waals surface area contributed by atoms with E-state index >= 15 is 0 Å². The Kier molecular flexibility index (Phi) is 6.90. The van der Waals surface area contributed by atoms with E-state index in [1.807, 2.05) is 24.3 Å². The molecule has 2 rings (SSSR count). The average molecular weight is 338 g/mol. The summed E-state index contributed by atoms with van der Waals surface area (Å²) in [4.78, 5) is 22.4. The molecule has 0 aromatic heterocycles. The topological polar surface area (TPSA) is 66.4 Å². The Balaban J connectivity index is 1.54. The van der Waals surface area contributed by atoms with Crippen LogP contribution in [0.3, 0.4) is 0 Å². The molecule has 126 valence electrons. The molecule has 2 unspecified atom stereocenters. The zero-order chi connectivity index (χ0) is 16.7. The number of nitrogens with one attached hydrogen (secondary N) is 1. The maximum absolute atomic E-state index is 12.1. The van der Waals surface area contributed by atoms with Crippen LogP contribution >= 0.6 is 11.6 Å². The molecule has 5 heteroatoms. The van der Waals surface area contributed by atoms with Crippen LogP contribution in [0.15, 0.2) is 24.3 Å². The molecule has 0 saturated heterocycles. The lowest BCUT2D eigenvalue weighted by Gasteiger charge is -2.05. The third kappa shape index (κ3) is 6.22. The van der Waals surface area contributed by atoms with Crippen molar-refractivity contribution in [1.82, 2.24) is 5.32 Å². The van der Waals surface area contributed by atoms with Crippen LogP contribution in [-0.2, 0) is 9.59 Å². The van der Waals surface area contributed by atoms with E-state index < -0.39 is 5.97 Å². The fourth-order valence-corrected chi connectivity index (χ4v) is 3.06. The predicted molar refractivity (Wildman–Crippen MR) is 90.6 cm³/mol. The number of aliphatic carboxylic acids is 1. The molecule has 4 nitrogen and oxygen atoms in total. The Morgan fingerprint density at radius 1 is 1.17 bits per heavy atom. The van der Waals surface area contributed by atoms with Gasteiger partial charge in [-0.25, -0.2) is 0 Å². The van der Waals surface area contributed by atoms with E-state index in [9.17, 15) is 9.59 Å². The van der Waals surface area contributed by atoms with Gasteiger partial charge in [0.05, 0.1) is 0 Å². The van der Waals surface area contributed by atoms with Gasteiger partial charge in [-0.3, -0.25) is 9.59 Å². The first kappa shape index (κ1) is 17.8. The van der Waals surface area contributed by atoms with Crippen LogP contribution in [0.5, 0.6) is 0 Å². The van der Waals surface area contributed by atoms with Gasteiger partial charge in [0, 0.05) is 23.9 Å². The average Bonchev–Trinajstić information content (AvgIpc) is 3.30. The van der Waals surface area contributed by atoms with Gasteiger partial charge in [-0.15, -0.1) is 0 Å². The van der Waals surface area contributed by atoms with E-state index in [2.05, 4.69) is 5.32 Å². The standard InChI is InChI=1S/C18H24ClNO3/c19-14-8-6-7-13(11-14)15-12-16(15)18(23)20-10-5-3-1-2-4-9-17(21)22/h6-8,11,15-16H,1-5,9-10,12H2,(H,20,23)(H,21,22). The molecule has 0 radical (unpaired) electrons. The van der Waals surface area contributed by atoms with Crippen molar-refractivity contribution < 1.29 is 14.7 Å². The van der Waals surface area contributed by atoms with Crippen LogP contribution in [-0.4, -0.2) is 23.5 Å². The molecule has 2 N–H and O–H groups in total. The highest BCUT2D eigenvalue weighted by Gasteiger charge is 2.43. The number of hydrogen-bond acceptors (Lipinski definition) is 2. The van der Waals surface area contributed by atoms with E-state index in [0.717, 1.165) is 49.1 Å². The summed E-state index contributed by atoms with van der Waals surface area (Å²) >= 11 is 5.98. The second-order valence-corrected chi connectivity index (χ2v) is 6.64. The first-order chi connectivity index (χ1) is 11.1. The third-order valence-electron chi connectivity index (χ3n) is 4.27. The molecule has 0 aliphatic heterocycles. The van der Waals surface area contributed by atoms with Gasteiger partial charge in [0.15, 0.2) is 0 Å². The lowest BCUT2D eigenvalue weighted by atomic mass is 10.1. The molecular weight excluding hydrogens is 314 g/mol. The minimum atomic E-state index is -0.726. The zero-order valence-electron chi connectivity index (χ0n) is 13.3. The van der Waals surface area contributed by atoms with Crippen LogP contribution in [0.2, 0.25) is 5.02 Å². The number of halogens is 1. The Morgan fingerprint density at radius 2 is 1.91 bits per heavy atom. The molecule has 1 saturated carbocycles. The molecule has 1 fully saturated rings. The summed E-state index contributed by atoms with van der Waals surface area (Å²) in [5, 5.41) is 12.3. The fraction of sp³-hybridized carbons (Fsp3) is 0.556. The molecule has 1 aliphatic carbocycles. The SMILES string of the molecule is O=C(O)CCCCCCCNC(=O)C1CC1c1cccc(Cl)c1. The monoisotopic (exact) mass is 337 g/mol. The number of carboxylic acid groups (broad SMARTS) is 1. The molecule has 2 atom stereocenters. The van der Waals surface area contributed by atoms with Crippen molar-refractivity contribution in [2.75, 3.05) is 6.54 Å². The van der Waals surface area contributed by atoms with Crippen LogP contribution < -0.4 is 5.32 Å². The second kappa shape index (κ2) is 8.92. The Labute approximate surface area is 142 Å². The summed E-state index contributed by atoms with van der Waals surface area (Å²) in [6.45, 7) is 0.705. The molecule has 0 spiro atoms. The summed E-state index contributed by atoms with van der Waals surface area (Å²) in [6, 6.07) is 7.74. The van der Waals surface area contributed by atoms with Gasteiger partial charge in [-0.05, 0) is 42.9 Å². The number of carbonyl (C=O) groups excluding carboxylic acids is 1. The number of benzene rings is 1. The molecule has 1 amide bonds. The van der Waals surface area contributed by atoms with Gasteiger partial charge in [-0.2, -0.15) is 0 Å². The lowest BCUT2D eigenvalue weighted by Crippen LogP contribution is -2.26. The van der Waals surface area contributed by atoms with E-state index in [1.54, 1.807) is 0 Å². The summed E-state index contributed by atoms with van der Waals surface area (Å²) in [5.41, 5.74) is 1.15. The van der Waals surface area contributed by atoms with Crippen LogP contribution in [0.4, 0.5) is 0 Å². The summed E-state index contributed by atoms with van der Waals surface area (Å²) in [7, 11) is 0. The van der Waals surface area contributed by atoms with Crippen molar-refractivity contribution in [3.05, 3.63) is 34.9 Å². The van der Waals surface area contributed by atoms with E-state index in [1.165, 1.54) is 0 Å². The smallest absolute Gasteiger partial charge is 0.303 e. The summed E-state index contributed by atoms with van der Waals surface area (Å²) in [5.74, 6) is -0.189. The van der Waals surface area contributed by atoms with Crippen LogP contribution in [0.1, 0.15) is 56.4 Å². The molecule has 1 aliphatic rings. The maximum Gasteiger partial charge on any atom is 0.303 e. The van der Waals surface area contributed by atoms with Gasteiger partial charge < -0.3 is 10.4 Å². The number of rotatable bonds is 10. The van der Waals surface area contributed by atoms with Gasteiger partial charge in [0.1, 0.15) is 0 Å². The highest BCUT2D eigenvalue weighted by atomic mass is 35.5. The molecule has 0 heterocycles. The first-order valence-electron chi connectivity index (χ1n) is 8.33. The Bertz CT molecular complexity index is 547. The molecule has 23 heavy (non-hydrogen) atoms. The van der Waals surface area contributed by atoms with Crippen molar-refractivity contribution in [3.63, 3.8) is 0 Å². The number of hydrogen-bond donors (Lipinski definition) is 2. The van der Waals surface area contributed by atoms with Crippen molar-refractivity contribution in [1.29, 1.82) is 0 Å². The molecule has 1 aromatic rings. The lowest BCUT2D eigenvalue weighted by molar-refractivity contribution is -0.137. The number of carboxylic acids is 1. The first-order valence-corrected chi connectivity index (χ1v) is 8.70. The van der Waals surface area contributed by atoms with Crippen molar-refractivity contribution in [3.8, 4) is 0 Å². The normalized spacial score (nSPS) is 19.3. The second-order valence-electron chi connectivity index (χ2n) is 6.21. The van der Waals surface area contributed by atoms with Crippen molar-refractivity contribution in [2.45, 2.75) is 50.9 Å². The van der Waals surface area contributed by atoms with Gasteiger partial charge in [0.25, 0.3) is 0 Å². The summed E-state index contributed by atoms with van der Waals surface area (Å²) in [6.07, 6.45) is 5.85. The van der Waals surface area contributed by atoms with Crippen molar-refractivity contribution >= 4 is 23.5 Å². The number of carbonyl (C=O) groups is 2. The maximum atomic E-state index is 12.1. The highest BCUT2D eigenvalue weighted by molar-refractivity contribution is 6.30. The number of amides is 1.